The minimum absolute atomic E-state index is 0.000823. The molecule has 0 bridgehead atoms. The second-order valence-electron chi connectivity index (χ2n) is 13.0. The highest BCUT2D eigenvalue weighted by Crippen LogP contribution is 2.36. The number of hydrogen-bond acceptors (Lipinski definition) is 8. The van der Waals surface area contributed by atoms with Crippen LogP contribution in [-0.4, -0.2) is 53.1 Å². The average Bonchev–Trinajstić information content (AvgIpc) is 3.22. The van der Waals surface area contributed by atoms with Crippen molar-refractivity contribution in [3.8, 4) is 0 Å². The number of halogens is 2. The van der Waals surface area contributed by atoms with Gasteiger partial charge >= 0.3 is 17.8 Å². The molecule has 0 aliphatic carbocycles. The number of carbonyl (C=O) groups is 3. The Kier molecular flexibility index (Phi) is 12.2. The number of nitrogens with one attached hydrogen (secondary N) is 1. The molecule has 0 saturated carbocycles. The summed E-state index contributed by atoms with van der Waals surface area (Å²) in [6, 6.07) is 11.8. The summed E-state index contributed by atoms with van der Waals surface area (Å²) in [5.41, 5.74) is -0.350. The van der Waals surface area contributed by atoms with Crippen molar-refractivity contribution in [1.29, 1.82) is 0 Å². The van der Waals surface area contributed by atoms with Crippen LogP contribution in [0.25, 0.3) is 0 Å². The highest BCUT2D eigenvalue weighted by Gasteiger charge is 2.39. The summed E-state index contributed by atoms with van der Waals surface area (Å²) in [6.07, 6.45) is -0.828. The number of rotatable bonds is 10. The quantitative estimate of drug-likeness (QED) is 0.195. The van der Waals surface area contributed by atoms with Crippen LogP contribution < -0.4 is 15.8 Å². The van der Waals surface area contributed by atoms with Crippen LogP contribution >= 0.6 is 34.7 Å². The molecule has 3 aromatic rings. The van der Waals surface area contributed by atoms with Crippen LogP contribution in [-0.2, 0) is 32.0 Å². The van der Waals surface area contributed by atoms with Crippen LogP contribution in [0, 0.1) is 0 Å². The minimum Gasteiger partial charge on any atom is -0.444 e. The molecular formula is C31H40Cl2N4O7SSi. The zero-order valence-electron chi connectivity index (χ0n) is 27.2. The summed E-state index contributed by atoms with van der Waals surface area (Å²) in [5, 5.41) is 3.36. The second-order valence-corrected chi connectivity index (χ2v) is 19.7. The van der Waals surface area contributed by atoms with Gasteiger partial charge in [-0.25, -0.2) is 22.9 Å². The predicted octanol–water partition coefficient (Wildman–Crippen LogP) is 6.22. The molecule has 0 aliphatic rings. The molecule has 15 heteroatoms. The van der Waals surface area contributed by atoms with E-state index in [1.54, 1.807) is 57.2 Å². The van der Waals surface area contributed by atoms with Crippen LogP contribution in [0.5, 0.6) is 0 Å². The minimum atomic E-state index is -2.33. The number of carbonyl (C=O) groups excluding carboxylic acids is 3. The first-order valence-electron chi connectivity index (χ1n) is 14.5. The van der Waals surface area contributed by atoms with Crippen LogP contribution in [0.3, 0.4) is 0 Å². The fourth-order valence-electron chi connectivity index (χ4n) is 3.55. The van der Waals surface area contributed by atoms with Gasteiger partial charge in [0.15, 0.2) is 21.1 Å². The zero-order valence-corrected chi connectivity index (χ0v) is 30.5. The molecule has 1 aromatic heterocycles. The van der Waals surface area contributed by atoms with Gasteiger partial charge in [-0.2, -0.15) is 4.99 Å². The maximum Gasteiger partial charge on any atom is 0.408 e. The van der Waals surface area contributed by atoms with Gasteiger partial charge in [-0.1, -0.05) is 56.1 Å². The smallest absolute Gasteiger partial charge is 0.408 e. The van der Waals surface area contributed by atoms with Crippen molar-refractivity contribution in [3.63, 3.8) is 0 Å². The lowest BCUT2D eigenvalue weighted by atomic mass is 10.2. The summed E-state index contributed by atoms with van der Waals surface area (Å²) in [5.74, 6) is -1.48. The van der Waals surface area contributed by atoms with E-state index in [4.69, 9.17) is 37.1 Å². The summed E-state index contributed by atoms with van der Waals surface area (Å²) < 4.78 is 19.6. The first-order valence-corrected chi connectivity index (χ1v) is 18.9. The van der Waals surface area contributed by atoms with Crippen LogP contribution in [0.4, 0.5) is 4.79 Å². The van der Waals surface area contributed by atoms with E-state index in [1.807, 2.05) is 33.9 Å². The van der Waals surface area contributed by atoms with E-state index >= 15 is 0 Å². The maximum atomic E-state index is 13.5. The molecule has 1 N–H and O–H groups in total. The Hall–Kier alpha value is -3.23. The van der Waals surface area contributed by atoms with E-state index in [2.05, 4.69) is 10.3 Å². The van der Waals surface area contributed by atoms with Gasteiger partial charge in [0, 0.05) is 15.6 Å². The van der Waals surface area contributed by atoms with Crippen LogP contribution in [0.1, 0.15) is 57.5 Å². The molecule has 2 amide bonds. The Morgan fingerprint density at radius 1 is 0.957 bits per heavy atom. The van der Waals surface area contributed by atoms with Gasteiger partial charge in [-0.15, -0.1) is 0 Å². The third-order valence-corrected chi connectivity index (χ3v) is 13.1. The first kappa shape index (κ1) is 37.2. The average molecular weight is 712 g/mol. The zero-order chi connectivity index (χ0) is 34.4. The Balaban J connectivity index is 1.93. The number of ether oxygens (including phenoxy) is 2. The predicted molar refractivity (Wildman–Crippen MR) is 181 cm³/mol. The number of alkyl carbamates (subject to hydrolysis) is 1. The van der Waals surface area contributed by atoms with Crippen molar-refractivity contribution >= 4 is 61.0 Å². The maximum absolute atomic E-state index is 13.5. The van der Waals surface area contributed by atoms with E-state index in [0.717, 1.165) is 21.7 Å². The number of amides is 2. The molecule has 1 heterocycles. The number of esters is 1. The van der Waals surface area contributed by atoms with E-state index in [-0.39, 0.29) is 28.6 Å². The summed E-state index contributed by atoms with van der Waals surface area (Å²) in [4.78, 5) is 56.8. The molecule has 3 rings (SSSR count). The van der Waals surface area contributed by atoms with E-state index in [1.165, 1.54) is 16.1 Å². The number of benzene rings is 2. The summed E-state index contributed by atoms with van der Waals surface area (Å²) >= 11 is 12.9. The lowest BCUT2D eigenvalue weighted by molar-refractivity contribution is -0.151. The molecular weight excluding hydrogens is 671 g/mol. The van der Waals surface area contributed by atoms with Gasteiger partial charge < -0.3 is 19.2 Å². The largest absolute Gasteiger partial charge is 0.444 e. The third kappa shape index (κ3) is 10.7. The summed E-state index contributed by atoms with van der Waals surface area (Å²) in [6.45, 7) is 14.7. The fourth-order valence-corrected chi connectivity index (χ4v) is 5.76. The van der Waals surface area contributed by atoms with E-state index in [9.17, 15) is 19.2 Å². The number of nitrogens with zero attached hydrogens (tertiary/aromatic N) is 3. The van der Waals surface area contributed by atoms with Crippen LogP contribution in [0.2, 0.25) is 28.2 Å². The van der Waals surface area contributed by atoms with E-state index in [0.29, 0.717) is 10.0 Å². The van der Waals surface area contributed by atoms with Crippen molar-refractivity contribution in [3.05, 3.63) is 85.0 Å². The monoisotopic (exact) mass is 710 g/mol. The Bertz CT molecular complexity index is 1670. The molecule has 0 spiro atoms. The molecule has 250 valence electrons. The molecule has 0 saturated heterocycles. The van der Waals surface area contributed by atoms with Crippen molar-refractivity contribution in [2.24, 2.45) is 4.99 Å². The molecule has 1 atom stereocenters. The fraction of sp³-hybridized carbons (Fsp3) is 0.452. The molecule has 0 radical (unpaired) electrons. The number of hydrogen-bond donors (Lipinski definition) is 1. The first-order chi connectivity index (χ1) is 21.3. The molecule has 11 nitrogen and oxygen atoms in total. The Morgan fingerprint density at radius 2 is 1.52 bits per heavy atom. The van der Waals surface area contributed by atoms with Crippen molar-refractivity contribution in [1.82, 2.24) is 13.8 Å². The van der Waals surface area contributed by atoms with Gasteiger partial charge in [0.1, 0.15) is 5.60 Å². The number of aromatic nitrogens is 2. The van der Waals surface area contributed by atoms with Crippen LogP contribution in [0.15, 0.2) is 58.3 Å². The second kappa shape index (κ2) is 15.1. The molecule has 2 aromatic carbocycles. The van der Waals surface area contributed by atoms with Gasteiger partial charge in [0.25, 0.3) is 5.91 Å². The Morgan fingerprint density at radius 3 is 2.07 bits per heavy atom. The highest BCUT2D eigenvalue weighted by molar-refractivity contribution is 7.03. The third-order valence-electron chi connectivity index (χ3n) is 7.12. The SMILES string of the molecule is CC(C)(C)OC(=O)NC(CO[Si](C)(C)C(C)(C)C)C(=O)OCn1c(=NC(=O)c2ccc(Cl)cc2)sn(Cc2ccc(Cl)cc2)c1=O. The lowest BCUT2D eigenvalue weighted by Crippen LogP contribution is -2.51. The highest BCUT2D eigenvalue weighted by atomic mass is 35.5. The molecule has 46 heavy (non-hydrogen) atoms. The normalized spacial score (nSPS) is 13.3. The standard InChI is InChI=1S/C31H40Cl2N4O7SSi/c1-30(2,3)44-28(40)34-24(18-43-46(7,8)31(4,5)6)26(39)42-19-36-27(35-25(38)21-11-15-23(33)16-12-21)45-37(29(36)41)17-20-9-13-22(32)14-10-20/h9-16,24H,17-19H2,1-8H3,(H,34,40). The van der Waals surface area contributed by atoms with Gasteiger partial charge in [-0.05, 0) is 92.4 Å². The van der Waals surface area contributed by atoms with Gasteiger partial charge in [-0.3, -0.25) is 4.79 Å². The Labute approximate surface area is 283 Å². The van der Waals surface area contributed by atoms with Crippen molar-refractivity contribution in [2.75, 3.05) is 6.61 Å². The molecule has 0 fully saturated rings. The summed E-state index contributed by atoms with van der Waals surface area (Å²) in [7, 11) is -2.33. The topological polar surface area (TPSA) is 130 Å². The lowest BCUT2D eigenvalue weighted by Gasteiger charge is -2.37. The van der Waals surface area contributed by atoms with Gasteiger partial charge in [0.2, 0.25) is 4.80 Å². The molecule has 0 aliphatic heterocycles. The van der Waals surface area contributed by atoms with E-state index < -0.39 is 50.4 Å². The van der Waals surface area contributed by atoms with Gasteiger partial charge in [0.05, 0.1) is 13.2 Å². The van der Waals surface area contributed by atoms with Crippen molar-refractivity contribution in [2.45, 2.75) is 84.6 Å². The molecule has 1 unspecified atom stereocenters. The van der Waals surface area contributed by atoms with Crippen molar-refractivity contribution < 1.29 is 28.3 Å².